The summed E-state index contributed by atoms with van der Waals surface area (Å²) in [6.07, 6.45) is 1.08. The number of amides is 4. The molecule has 0 saturated carbocycles. The van der Waals surface area contributed by atoms with E-state index >= 15 is 0 Å². The van der Waals surface area contributed by atoms with Gasteiger partial charge in [-0.2, -0.15) is 0 Å². The molecule has 0 saturated heterocycles. The Morgan fingerprint density at radius 2 is 1.54 bits per heavy atom. The van der Waals surface area contributed by atoms with Gasteiger partial charge in [-0.25, -0.2) is 0 Å². The Kier molecular flexibility index (Phi) is 8.59. The zero-order chi connectivity index (χ0) is 17.8. The van der Waals surface area contributed by atoms with Crippen molar-refractivity contribution in [1.82, 2.24) is 21.3 Å². The van der Waals surface area contributed by atoms with Gasteiger partial charge in [0.2, 0.25) is 24.1 Å². The van der Waals surface area contributed by atoms with Gasteiger partial charge < -0.3 is 21.3 Å². The van der Waals surface area contributed by atoms with E-state index in [0.29, 0.717) is 12.8 Å². The molecule has 0 aromatic heterocycles. The van der Waals surface area contributed by atoms with Gasteiger partial charge in [0, 0.05) is 6.04 Å². The highest BCUT2D eigenvalue weighted by Gasteiger charge is 2.10. The fourth-order valence-electron chi connectivity index (χ4n) is 1.96. The van der Waals surface area contributed by atoms with Crippen LogP contribution in [-0.4, -0.2) is 49.8 Å². The van der Waals surface area contributed by atoms with E-state index in [4.69, 9.17) is 0 Å². The van der Waals surface area contributed by atoms with E-state index in [1.165, 1.54) is 0 Å². The molecule has 0 aliphatic rings. The number of carbonyl (C=O) groups excluding carboxylic acids is 4. The fraction of sp³-hybridized carbons (Fsp3) is 0.375. The highest BCUT2D eigenvalue weighted by Crippen LogP contribution is 2.02. The van der Waals surface area contributed by atoms with E-state index in [1.54, 1.807) is 0 Å². The van der Waals surface area contributed by atoms with Crippen molar-refractivity contribution in [2.75, 3.05) is 19.6 Å². The van der Waals surface area contributed by atoms with Crippen molar-refractivity contribution < 1.29 is 19.2 Å². The van der Waals surface area contributed by atoms with E-state index in [2.05, 4.69) is 21.3 Å². The molecule has 0 aliphatic heterocycles. The molecule has 24 heavy (non-hydrogen) atoms. The number of rotatable bonds is 10. The average Bonchev–Trinajstić information content (AvgIpc) is 2.57. The molecule has 1 atom stereocenters. The molecule has 0 bridgehead atoms. The largest absolute Gasteiger partial charge is 0.352 e. The Morgan fingerprint density at radius 1 is 0.958 bits per heavy atom. The molecule has 130 valence electrons. The third-order valence-electron chi connectivity index (χ3n) is 3.03. The summed E-state index contributed by atoms with van der Waals surface area (Å²) in [4.78, 5) is 44.5. The van der Waals surface area contributed by atoms with Crippen LogP contribution in [0.3, 0.4) is 0 Å². The molecule has 1 unspecified atom stereocenters. The molecule has 1 aromatic rings. The summed E-state index contributed by atoms with van der Waals surface area (Å²) in [6, 6.07) is 9.69. The average molecular weight is 334 g/mol. The van der Waals surface area contributed by atoms with E-state index < -0.39 is 11.8 Å². The quantitative estimate of drug-likeness (QED) is 0.398. The molecular formula is C16H22N4O4. The van der Waals surface area contributed by atoms with Crippen molar-refractivity contribution >= 4 is 24.1 Å². The third-order valence-corrected chi connectivity index (χ3v) is 3.03. The first kappa shape index (κ1) is 19.1. The molecule has 1 rings (SSSR count). The van der Waals surface area contributed by atoms with Crippen LogP contribution in [0.15, 0.2) is 30.3 Å². The summed E-state index contributed by atoms with van der Waals surface area (Å²) in [5.41, 5.74) is 1.11. The highest BCUT2D eigenvalue weighted by molar-refractivity contribution is 5.89. The van der Waals surface area contributed by atoms with Crippen LogP contribution in [0.25, 0.3) is 0 Å². The molecule has 0 heterocycles. The van der Waals surface area contributed by atoms with Crippen LogP contribution in [-0.2, 0) is 25.6 Å². The molecule has 0 aliphatic carbocycles. The molecule has 4 amide bonds. The summed E-state index contributed by atoms with van der Waals surface area (Å²) in [6.45, 7) is 1.26. The van der Waals surface area contributed by atoms with Gasteiger partial charge in [-0.1, -0.05) is 30.3 Å². The zero-order valence-corrected chi connectivity index (χ0v) is 13.5. The summed E-state index contributed by atoms with van der Waals surface area (Å²) < 4.78 is 0. The number of hydrogen-bond acceptors (Lipinski definition) is 4. The lowest BCUT2D eigenvalue weighted by Crippen LogP contribution is -2.45. The maximum absolute atomic E-state index is 11.8. The smallest absolute Gasteiger partial charge is 0.239 e. The minimum Gasteiger partial charge on any atom is -0.352 e. The van der Waals surface area contributed by atoms with Crippen molar-refractivity contribution in [2.24, 2.45) is 0 Å². The third kappa shape index (κ3) is 8.52. The predicted octanol–water partition coefficient (Wildman–Crippen LogP) is -1.29. The maximum atomic E-state index is 11.8. The van der Waals surface area contributed by atoms with Crippen LogP contribution in [0, 0.1) is 0 Å². The van der Waals surface area contributed by atoms with E-state index in [0.717, 1.165) is 5.56 Å². The lowest BCUT2D eigenvalue weighted by atomic mass is 10.1. The Balaban J connectivity index is 2.19. The van der Waals surface area contributed by atoms with Gasteiger partial charge in [-0.3, -0.25) is 19.2 Å². The van der Waals surface area contributed by atoms with Crippen molar-refractivity contribution in [1.29, 1.82) is 0 Å². The molecule has 0 radical (unpaired) electrons. The van der Waals surface area contributed by atoms with Gasteiger partial charge in [0.25, 0.3) is 0 Å². The summed E-state index contributed by atoms with van der Waals surface area (Å²) in [5.74, 6) is -1.28. The van der Waals surface area contributed by atoms with Gasteiger partial charge in [0.1, 0.15) is 0 Å². The number of benzene rings is 1. The van der Waals surface area contributed by atoms with E-state index in [9.17, 15) is 19.2 Å². The molecular weight excluding hydrogens is 312 g/mol. The second-order valence-electron chi connectivity index (χ2n) is 5.21. The number of hydrogen-bond donors (Lipinski definition) is 4. The van der Waals surface area contributed by atoms with Crippen LogP contribution in [0.2, 0.25) is 0 Å². The van der Waals surface area contributed by atoms with Crippen LogP contribution < -0.4 is 21.3 Å². The number of nitrogens with one attached hydrogen (secondary N) is 4. The van der Waals surface area contributed by atoms with Crippen LogP contribution >= 0.6 is 0 Å². The van der Waals surface area contributed by atoms with E-state index in [-0.39, 0.29) is 31.6 Å². The lowest BCUT2D eigenvalue weighted by Gasteiger charge is -2.14. The first-order valence-corrected chi connectivity index (χ1v) is 7.55. The second kappa shape index (κ2) is 10.8. The molecule has 0 spiro atoms. The first-order chi connectivity index (χ1) is 11.5. The molecule has 8 heteroatoms. The summed E-state index contributed by atoms with van der Waals surface area (Å²) in [7, 11) is 0. The number of carbonyl (C=O) groups is 4. The summed E-state index contributed by atoms with van der Waals surface area (Å²) in [5, 5.41) is 9.68. The van der Waals surface area contributed by atoms with Crippen molar-refractivity contribution in [3.05, 3.63) is 35.9 Å². The molecule has 0 fully saturated rings. The van der Waals surface area contributed by atoms with Crippen LogP contribution in [0.4, 0.5) is 0 Å². The van der Waals surface area contributed by atoms with Crippen molar-refractivity contribution in [3.63, 3.8) is 0 Å². The standard InChI is InChI=1S/C16H22N4O4/c1-12(7-13-5-3-2-4-6-13)20-16(24)10-19-15(23)9-18-14(22)8-17-11-21/h2-6,11-12H,7-10H2,1H3,(H,17,21)(H,18,22)(H,19,23)(H,20,24). The normalized spacial score (nSPS) is 11.0. The Bertz CT molecular complexity index is 562. The van der Waals surface area contributed by atoms with Crippen LogP contribution in [0.1, 0.15) is 12.5 Å². The van der Waals surface area contributed by atoms with Crippen molar-refractivity contribution in [2.45, 2.75) is 19.4 Å². The van der Waals surface area contributed by atoms with Crippen molar-refractivity contribution in [3.8, 4) is 0 Å². The molecule has 4 N–H and O–H groups in total. The Morgan fingerprint density at radius 3 is 2.17 bits per heavy atom. The van der Waals surface area contributed by atoms with Gasteiger partial charge in [0.15, 0.2) is 0 Å². The van der Waals surface area contributed by atoms with E-state index in [1.807, 2.05) is 37.3 Å². The maximum Gasteiger partial charge on any atom is 0.239 e. The Hall–Kier alpha value is -2.90. The van der Waals surface area contributed by atoms with Gasteiger partial charge >= 0.3 is 0 Å². The summed E-state index contributed by atoms with van der Waals surface area (Å²) >= 11 is 0. The SMILES string of the molecule is CC(Cc1ccccc1)NC(=O)CNC(=O)CNC(=O)CNC=O. The molecule has 8 nitrogen and oxygen atoms in total. The topological polar surface area (TPSA) is 116 Å². The molecule has 1 aromatic carbocycles. The first-order valence-electron chi connectivity index (χ1n) is 7.55. The lowest BCUT2D eigenvalue weighted by molar-refractivity contribution is -0.127. The fourth-order valence-corrected chi connectivity index (χ4v) is 1.96. The van der Waals surface area contributed by atoms with Gasteiger partial charge in [0.05, 0.1) is 19.6 Å². The Labute approximate surface area is 140 Å². The van der Waals surface area contributed by atoms with Gasteiger partial charge in [-0.05, 0) is 18.9 Å². The minimum atomic E-state index is -0.488. The van der Waals surface area contributed by atoms with Crippen LogP contribution in [0.5, 0.6) is 0 Å². The predicted molar refractivity (Wildman–Crippen MR) is 87.8 cm³/mol. The minimum absolute atomic E-state index is 0.0640. The zero-order valence-electron chi connectivity index (χ0n) is 13.5. The monoisotopic (exact) mass is 334 g/mol. The van der Waals surface area contributed by atoms with Gasteiger partial charge in [-0.15, -0.1) is 0 Å². The highest BCUT2D eigenvalue weighted by atomic mass is 16.2. The second-order valence-corrected chi connectivity index (χ2v) is 5.21.